The second-order valence-electron chi connectivity index (χ2n) is 7.03. The van der Waals surface area contributed by atoms with Crippen LogP contribution >= 0.6 is 0 Å². The summed E-state index contributed by atoms with van der Waals surface area (Å²) in [5.74, 6) is 0.271. The summed E-state index contributed by atoms with van der Waals surface area (Å²) in [5.41, 5.74) is 1.02. The number of piperidine rings is 1. The van der Waals surface area contributed by atoms with Gasteiger partial charge in [0.05, 0.1) is 11.6 Å². The number of nitrogens with zero attached hydrogens (tertiary/aromatic N) is 3. The molecule has 0 N–H and O–H groups in total. The molecular formula is C19H22FN3O3. The zero-order valence-corrected chi connectivity index (χ0v) is 14.9. The first kappa shape index (κ1) is 17.0. The molecule has 26 heavy (non-hydrogen) atoms. The monoisotopic (exact) mass is 359 g/mol. The Morgan fingerprint density at radius 1 is 1.35 bits per heavy atom. The third-order valence-electron chi connectivity index (χ3n) is 5.65. The van der Waals surface area contributed by atoms with Crippen LogP contribution in [0.1, 0.15) is 29.1 Å². The molecule has 2 aliphatic rings. The Labute approximate surface area is 151 Å². The van der Waals surface area contributed by atoms with E-state index >= 15 is 0 Å². The third-order valence-corrected chi connectivity index (χ3v) is 5.65. The predicted molar refractivity (Wildman–Crippen MR) is 93.7 cm³/mol. The summed E-state index contributed by atoms with van der Waals surface area (Å²) in [7, 11) is 1.71. The summed E-state index contributed by atoms with van der Waals surface area (Å²) in [5, 5.41) is 3.82. The highest BCUT2D eigenvalue weighted by atomic mass is 19.1. The van der Waals surface area contributed by atoms with E-state index in [9.17, 15) is 9.18 Å². The number of methoxy groups -OCH3 is 1. The van der Waals surface area contributed by atoms with Gasteiger partial charge in [0, 0.05) is 38.5 Å². The number of likely N-dealkylation sites (tertiary alicyclic amines) is 1. The van der Waals surface area contributed by atoms with Crippen LogP contribution in [-0.2, 0) is 4.74 Å². The second kappa shape index (κ2) is 6.39. The molecule has 4 rings (SSSR count). The predicted octanol–water partition coefficient (Wildman–Crippen LogP) is 2.63. The van der Waals surface area contributed by atoms with Crippen molar-refractivity contribution in [1.82, 2.24) is 10.1 Å². The summed E-state index contributed by atoms with van der Waals surface area (Å²) in [6, 6.07) is 8.32. The molecule has 0 bridgehead atoms. The molecule has 138 valence electrons. The third kappa shape index (κ3) is 2.67. The number of aryl methyl sites for hydroxylation is 1. The lowest BCUT2D eigenvalue weighted by atomic mass is 9.73. The molecule has 1 aromatic heterocycles. The molecule has 2 saturated heterocycles. The zero-order valence-electron chi connectivity index (χ0n) is 14.9. The minimum Gasteiger partial charge on any atom is -0.377 e. The minimum atomic E-state index is -0.243. The Morgan fingerprint density at radius 3 is 2.73 bits per heavy atom. The molecule has 0 aliphatic carbocycles. The molecule has 1 amide bonds. The number of rotatable bonds is 3. The van der Waals surface area contributed by atoms with Gasteiger partial charge in [0.1, 0.15) is 11.6 Å². The van der Waals surface area contributed by atoms with Gasteiger partial charge in [0.25, 0.3) is 5.91 Å². The lowest BCUT2D eigenvalue weighted by Crippen LogP contribution is -2.74. The summed E-state index contributed by atoms with van der Waals surface area (Å²) in [4.78, 5) is 16.6. The molecule has 7 heteroatoms. The Hall–Kier alpha value is -2.41. The van der Waals surface area contributed by atoms with Gasteiger partial charge in [-0.1, -0.05) is 11.2 Å². The van der Waals surface area contributed by atoms with Crippen LogP contribution in [0, 0.1) is 12.7 Å². The van der Waals surface area contributed by atoms with Crippen molar-refractivity contribution in [3.63, 3.8) is 0 Å². The number of amides is 1. The number of ether oxygens (including phenoxy) is 1. The van der Waals surface area contributed by atoms with Gasteiger partial charge in [0.2, 0.25) is 0 Å². The molecule has 1 spiro atoms. The molecule has 1 atom stereocenters. The quantitative estimate of drug-likeness (QED) is 0.843. The standard InChI is InChI=1S/C19H22FN3O3/c1-13-10-16(21-26-13)18(24)22-8-6-19(7-9-22)17(25-2)12-23(19)15-5-3-4-14(20)11-15/h3-5,10-11,17H,6-9,12H2,1-2H3. The number of hydrogen-bond donors (Lipinski definition) is 0. The van der Waals surface area contributed by atoms with Crippen LogP contribution < -0.4 is 4.90 Å². The molecule has 0 radical (unpaired) electrons. The maximum atomic E-state index is 13.7. The lowest BCUT2D eigenvalue weighted by Gasteiger charge is -2.61. The van der Waals surface area contributed by atoms with Crippen LogP contribution in [-0.4, -0.2) is 54.4 Å². The minimum absolute atomic E-state index is 0.0808. The molecule has 0 saturated carbocycles. The number of aromatic nitrogens is 1. The van der Waals surface area contributed by atoms with Gasteiger partial charge in [-0.3, -0.25) is 4.79 Å². The van der Waals surface area contributed by atoms with Crippen molar-refractivity contribution in [2.45, 2.75) is 31.4 Å². The van der Waals surface area contributed by atoms with Crippen LogP contribution in [0.15, 0.2) is 34.9 Å². The Morgan fingerprint density at radius 2 is 2.12 bits per heavy atom. The molecule has 2 aliphatic heterocycles. The van der Waals surface area contributed by atoms with Crippen molar-refractivity contribution in [1.29, 1.82) is 0 Å². The van der Waals surface area contributed by atoms with Crippen molar-refractivity contribution >= 4 is 11.6 Å². The SMILES string of the molecule is COC1CN(c2cccc(F)c2)C12CCN(C(=O)c1cc(C)on1)CC2. The van der Waals surface area contributed by atoms with E-state index in [2.05, 4.69) is 10.1 Å². The maximum absolute atomic E-state index is 13.7. The molecule has 6 nitrogen and oxygen atoms in total. The Bertz CT molecular complexity index is 814. The van der Waals surface area contributed by atoms with Crippen LogP contribution in [0.25, 0.3) is 0 Å². The first-order valence-corrected chi connectivity index (χ1v) is 8.82. The number of carbonyl (C=O) groups excluding carboxylic acids is 1. The van der Waals surface area contributed by atoms with E-state index in [1.165, 1.54) is 6.07 Å². The smallest absolute Gasteiger partial charge is 0.276 e. The summed E-state index contributed by atoms with van der Waals surface area (Å²) in [6.07, 6.45) is 1.62. The van der Waals surface area contributed by atoms with E-state index in [1.54, 1.807) is 37.1 Å². The van der Waals surface area contributed by atoms with Crippen molar-refractivity contribution in [2.75, 3.05) is 31.6 Å². The first-order chi connectivity index (χ1) is 12.5. The van der Waals surface area contributed by atoms with Crippen LogP contribution in [0.5, 0.6) is 0 Å². The number of benzene rings is 1. The zero-order chi connectivity index (χ0) is 18.3. The molecule has 2 fully saturated rings. The fourth-order valence-corrected chi connectivity index (χ4v) is 4.20. The molecule has 1 unspecified atom stereocenters. The van der Waals surface area contributed by atoms with Crippen molar-refractivity contribution < 1.29 is 18.4 Å². The molecule has 2 aromatic rings. The van der Waals surface area contributed by atoms with Crippen molar-refractivity contribution in [3.05, 3.63) is 47.6 Å². The summed E-state index contributed by atoms with van der Waals surface area (Å²) >= 11 is 0. The number of halogens is 1. The Kier molecular flexibility index (Phi) is 4.19. The van der Waals surface area contributed by atoms with Crippen LogP contribution in [0.3, 0.4) is 0 Å². The number of carbonyl (C=O) groups is 1. The Balaban J connectivity index is 1.51. The summed E-state index contributed by atoms with van der Waals surface area (Å²) < 4.78 is 24.3. The van der Waals surface area contributed by atoms with Gasteiger partial charge in [-0.05, 0) is 38.0 Å². The lowest BCUT2D eigenvalue weighted by molar-refractivity contribution is -0.0434. The van der Waals surface area contributed by atoms with Gasteiger partial charge in [0.15, 0.2) is 5.69 Å². The van der Waals surface area contributed by atoms with E-state index < -0.39 is 0 Å². The van der Waals surface area contributed by atoms with Gasteiger partial charge in [-0.2, -0.15) is 0 Å². The van der Waals surface area contributed by atoms with Crippen molar-refractivity contribution in [3.8, 4) is 0 Å². The van der Waals surface area contributed by atoms with E-state index in [0.717, 1.165) is 25.1 Å². The first-order valence-electron chi connectivity index (χ1n) is 8.82. The highest BCUT2D eigenvalue weighted by molar-refractivity contribution is 5.92. The fraction of sp³-hybridized carbons (Fsp3) is 0.474. The fourth-order valence-electron chi connectivity index (χ4n) is 4.20. The topological polar surface area (TPSA) is 58.8 Å². The van der Waals surface area contributed by atoms with E-state index in [-0.39, 0.29) is 23.4 Å². The van der Waals surface area contributed by atoms with Crippen LogP contribution in [0.4, 0.5) is 10.1 Å². The highest BCUT2D eigenvalue weighted by Gasteiger charge is 2.55. The van der Waals surface area contributed by atoms with Gasteiger partial charge in [-0.25, -0.2) is 4.39 Å². The second-order valence-corrected chi connectivity index (χ2v) is 7.03. The molecular weight excluding hydrogens is 337 g/mol. The van der Waals surface area contributed by atoms with Gasteiger partial charge < -0.3 is 19.1 Å². The average Bonchev–Trinajstić information content (AvgIpc) is 3.07. The van der Waals surface area contributed by atoms with Crippen molar-refractivity contribution in [2.24, 2.45) is 0 Å². The normalized spacial score (nSPS) is 21.7. The highest BCUT2D eigenvalue weighted by Crippen LogP contribution is 2.44. The summed E-state index contributed by atoms with van der Waals surface area (Å²) in [6.45, 7) is 3.71. The number of hydrogen-bond acceptors (Lipinski definition) is 5. The van der Waals surface area contributed by atoms with E-state index in [0.29, 0.717) is 24.5 Å². The average molecular weight is 359 g/mol. The van der Waals surface area contributed by atoms with Gasteiger partial charge in [-0.15, -0.1) is 0 Å². The van der Waals surface area contributed by atoms with Gasteiger partial charge >= 0.3 is 0 Å². The molecule has 1 aromatic carbocycles. The molecule has 3 heterocycles. The van der Waals surface area contributed by atoms with Crippen LogP contribution in [0.2, 0.25) is 0 Å². The van der Waals surface area contributed by atoms with E-state index in [4.69, 9.17) is 9.26 Å². The largest absolute Gasteiger partial charge is 0.377 e. The van der Waals surface area contributed by atoms with E-state index in [1.807, 2.05) is 6.07 Å². The number of anilines is 1. The maximum Gasteiger partial charge on any atom is 0.276 e.